The maximum Gasteiger partial charge on any atom is 0.416 e. The Morgan fingerprint density at radius 1 is 0.878 bits per heavy atom. The van der Waals surface area contributed by atoms with E-state index in [2.05, 4.69) is 45.0 Å². The number of aryl methyl sites for hydroxylation is 2. The van der Waals surface area contributed by atoms with Crippen LogP contribution < -0.4 is 9.80 Å². The highest BCUT2D eigenvalue weighted by molar-refractivity contribution is 6.28. The summed E-state index contributed by atoms with van der Waals surface area (Å²) in [6.07, 6.45) is 1.80. The van der Waals surface area contributed by atoms with E-state index in [9.17, 15) is 13.2 Å². The number of aromatic nitrogens is 4. The largest absolute Gasteiger partial charge is 0.416 e. The molecule has 2 aromatic carbocycles. The Bertz CT molecular complexity index is 1550. The number of pyridine rings is 1. The van der Waals surface area contributed by atoms with Gasteiger partial charge in [0, 0.05) is 37.1 Å². The van der Waals surface area contributed by atoms with E-state index in [0.29, 0.717) is 35.5 Å². The first kappa shape index (κ1) is 27.7. The lowest BCUT2D eigenvalue weighted by molar-refractivity contribution is -0.137. The first-order chi connectivity index (χ1) is 19.6. The monoisotopic (exact) mass is 580 g/mol. The van der Waals surface area contributed by atoms with Crippen LogP contribution in [0.25, 0.3) is 10.9 Å². The maximum atomic E-state index is 13.7. The van der Waals surface area contributed by atoms with Gasteiger partial charge < -0.3 is 9.80 Å². The standard InChI is InChI=1S/C31H32ClF3N6/c1-19-10-23(12-26(11-19)31(33,34)35)16-41(30-37-18-36-29(32)39-30)17-25-13-24-5-3-4-20(2)27(24)38-28(25)40(14-21-6-7-21)15-22-8-9-22/h3-5,10-13,18,21-22H,6-9,14-17H2,1-2H3. The smallest absolute Gasteiger partial charge is 0.356 e. The number of anilines is 2. The molecule has 10 heteroatoms. The van der Waals surface area contributed by atoms with Crippen molar-refractivity contribution in [2.75, 3.05) is 22.9 Å². The highest BCUT2D eigenvalue weighted by Gasteiger charge is 2.33. The third-order valence-electron chi connectivity index (χ3n) is 7.77. The van der Waals surface area contributed by atoms with Gasteiger partial charge in [-0.05, 0) is 92.3 Å². The number of rotatable bonds is 10. The van der Waals surface area contributed by atoms with E-state index >= 15 is 0 Å². The molecular formula is C31H32ClF3N6. The van der Waals surface area contributed by atoms with E-state index in [-0.39, 0.29) is 11.8 Å². The highest BCUT2D eigenvalue weighted by atomic mass is 35.5. The molecule has 4 aromatic rings. The molecule has 0 unspecified atom stereocenters. The third kappa shape index (κ3) is 6.72. The van der Waals surface area contributed by atoms with Crippen molar-refractivity contribution in [3.63, 3.8) is 0 Å². The average Bonchev–Trinajstić information content (AvgIpc) is 3.85. The van der Waals surface area contributed by atoms with Crippen LogP contribution in [-0.4, -0.2) is 33.0 Å². The van der Waals surface area contributed by atoms with E-state index in [1.165, 1.54) is 38.1 Å². The van der Waals surface area contributed by atoms with Crippen molar-refractivity contribution in [2.45, 2.75) is 58.8 Å². The predicted molar refractivity (Wildman–Crippen MR) is 155 cm³/mol. The van der Waals surface area contributed by atoms with E-state index in [4.69, 9.17) is 16.6 Å². The summed E-state index contributed by atoms with van der Waals surface area (Å²) in [5, 5.41) is 1.04. The summed E-state index contributed by atoms with van der Waals surface area (Å²) in [6.45, 7) is 6.15. The van der Waals surface area contributed by atoms with Gasteiger partial charge in [0.25, 0.3) is 0 Å². The number of benzene rings is 2. The quantitative estimate of drug-likeness (QED) is 0.193. The van der Waals surface area contributed by atoms with E-state index in [1.807, 2.05) is 11.0 Å². The molecule has 2 fully saturated rings. The highest BCUT2D eigenvalue weighted by Crippen LogP contribution is 2.38. The van der Waals surface area contributed by atoms with Crippen LogP contribution in [0, 0.1) is 25.7 Å². The summed E-state index contributed by atoms with van der Waals surface area (Å²) in [5.41, 5.74) is 3.41. The summed E-state index contributed by atoms with van der Waals surface area (Å²) < 4.78 is 41.0. The Labute approximate surface area is 242 Å². The van der Waals surface area contributed by atoms with Crippen molar-refractivity contribution >= 4 is 34.3 Å². The van der Waals surface area contributed by atoms with Crippen LogP contribution in [0.3, 0.4) is 0 Å². The maximum absolute atomic E-state index is 13.7. The zero-order chi connectivity index (χ0) is 28.7. The number of nitrogens with zero attached hydrogens (tertiary/aromatic N) is 6. The van der Waals surface area contributed by atoms with Crippen molar-refractivity contribution in [2.24, 2.45) is 11.8 Å². The minimum Gasteiger partial charge on any atom is -0.356 e. The van der Waals surface area contributed by atoms with Gasteiger partial charge in [-0.15, -0.1) is 0 Å². The van der Waals surface area contributed by atoms with Crippen LogP contribution in [0.2, 0.25) is 5.28 Å². The molecule has 0 N–H and O–H groups in total. The Morgan fingerprint density at radius 2 is 1.61 bits per heavy atom. The molecule has 0 aliphatic heterocycles. The zero-order valence-corrected chi connectivity index (χ0v) is 23.9. The third-order valence-corrected chi connectivity index (χ3v) is 7.95. The van der Waals surface area contributed by atoms with Crippen LogP contribution in [0.15, 0.2) is 48.8 Å². The summed E-state index contributed by atoms with van der Waals surface area (Å²) in [6, 6.07) is 12.4. The van der Waals surface area contributed by atoms with Gasteiger partial charge in [-0.1, -0.05) is 29.8 Å². The SMILES string of the molecule is Cc1cc(CN(Cc2cc3cccc(C)c3nc2N(CC2CC2)CC2CC2)c2ncnc(Cl)n2)cc(C(F)(F)F)c1. The molecule has 0 saturated heterocycles. The van der Waals surface area contributed by atoms with Gasteiger partial charge in [-0.2, -0.15) is 18.2 Å². The van der Waals surface area contributed by atoms with Crippen molar-refractivity contribution in [1.29, 1.82) is 0 Å². The van der Waals surface area contributed by atoms with Crippen molar-refractivity contribution in [3.05, 3.63) is 81.9 Å². The Kier molecular flexibility index (Phi) is 7.49. The fourth-order valence-electron chi connectivity index (χ4n) is 5.40. The number of para-hydroxylation sites is 1. The normalized spacial score (nSPS) is 15.4. The van der Waals surface area contributed by atoms with Gasteiger partial charge in [0.05, 0.1) is 11.1 Å². The molecule has 2 saturated carbocycles. The fourth-order valence-corrected chi connectivity index (χ4v) is 5.52. The Balaban J connectivity index is 1.43. The van der Waals surface area contributed by atoms with Crippen molar-refractivity contribution in [3.8, 4) is 0 Å². The lowest BCUT2D eigenvalue weighted by Gasteiger charge is -2.30. The molecule has 2 aromatic heterocycles. The van der Waals surface area contributed by atoms with Crippen molar-refractivity contribution in [1.82, 2.24) is 19.9 Å². The topological polar surface area (TPSA) is 58.0 Å². The molecule has 0 atom stereocenters. The summed E-state index contributed by atoms with van der Waals surface area (Å²) in [5.74, 6) is 2.56. The minimum absolute atomic E-state index is 0.0248. The molecule has 0 amide bonds. The molecule has 214 valence electrons. The molecule has 41 heavy (non-hydrogen) atoms. The molecule has 6 nitrogen and oxygen atoms in total. The van der Waals surface area contributed by atoms with E-state index in [1.54, 1.807) is 13.0 Å². The number of hydrogen-bond acceptors (Lipinski definition) is 6. The summed E-state index contributed by atoms with van der Waals surface area (Å²) >= 11 is 6.15. The molecular weight excluding hydrogens is 549 g/mol. The molecule has 6 rings (SSSR count). The van der Waals surface area contributed by atoms with Crippen LogP contribution in [-0.2, 0) is 19.3 Å². The lowest BCUT2D eigenvalue weighted by atomic mass is 10.0. The number of halogens is 4. The number of fused-ring (bicyclic) bond motifs is 1. The van der Waals surface area contributed by atoms with Gasteiger partial charge in [0.15, 0.2) is 0 Å². The van der Waals surface area contributed by atoms with Crippen LogP contribution in [0.4, 0.5) is 24.9 Å². The van der Waals surface area contributed by atoms with Crippen LogP contribution >= 0.6 is 11.6 Å². The van der Waals surface area contributed by atoms with Crippen LogP contribution in [0.5, 0.6) is 0 Å². The second-order valence-electron chi connectivity index (χ2n) is 11.5. The molecule has 0 radical (unpaired) electrons. The minimum atomic E-state index is -4.44. The Morgan fingerprint density at radius 3 is 2.27 bits per heavy atom. The molecule has 2 aliphatic rings. The van der Waals surface area contributed by atoms with Gasteiger partial charge in [0.1, 0.15) is 12.1 Å². The molecule has 0 bridgehead atoms. The summed E-state index contributed by atoms with van der Waals surface area (Å²) in [7, 11) is 0. The van der Waals surface area contributed by atoms with E-state index < -0.39 is 11.7 Å². The van der Waals surface area contributed by atoms with Gasteiger partial charge in [-0.25, -0.2) is 15.0 Å². The molecule has 2 heterocycles. The van der Waals surface area contributed by atoms with Crippen LogP contribution in [0.1, 0.15) is 53.5 Å². The second kappa shape index (κ2) is 11.1. The Hall–Kier alpha value is -3.46. The predicted octanol–water partition coefficient (Wildman–Crippen LogP) is 7.54. The second-order valence-corrected chi connectivity index (χ2v) is 11.9. The first-order valence-corrected chi connectivity index (χ1v) is 14.4. The van der Waals surface area contributed by atoms with Gasteiger partial charge in [0.2, 0.25) is 11.2 Å². The molecule has 2 aliphatic carbocycles. The van der Waals surface area contributed by atoms with Gasteiger partial charge >= 0.3 is 6.18 Å². The van der Waals surface area contributed by atoms with Crippen molar-refractivity contribution < 1.29 is 13.2 Å². The molecule has 0 spiro atoms. The number of hydrogen-bond donors (Lipinski definition) is 0. The number of alkyl halides is 3. The summed E-state index contributed by atoms with van der Waals surface area (Å²) in [4.78, 5) is 22.1. The zero-order valence-electron chi connectivity index (χ0n) is 23.1. The lowest BCUT2D eigenvalue weighted by Crippen LogP contribution is -2.32. The average molecular weight is 581 g/mol. The van der Waals surface area contributed by atoms with E-state index in [0.717, 1.165) is 47.0 Å². The van der Waals surface area contributed by atoms with Gasteiger partial charge in [-0.3, -0.25) is 0 Å². The first-order valence-electron chi connectivity index (χ1n) is 14.0. The fraction of sp³-hybridized carbons (Fsp3) is 0.419.